The van der Waals surface area contributed by atoms with Crippen LogP contribution in [0.2, 0.25) is 0 Å². The van der Waals surface area contributed by atoms with Gasteiger partial charge in [-0.1, -0.05) is 12.1 Å². The normalized spacial score (nSPS) is 10.0. The van der Waals surface area contributed by atoms with Crippen molar-refractivity contribution in [3.8, 4) is 0 Å². The van der Waals surface area contributed by atoms with Crippen molar-refractivity contribution in [1.82, 2.24) is 10.9 Å². The van der Waals surface area contributed by atoms with Gasteiger partial charge in [0.15, 0.2) is 10.2 Å². The van der Waals surface area contributed by atoms with Crippen molar-refractivity contribution in [2.75, 3.05) is 10.6 Å². The summed E-state index contributed by atoms with van der Waals surface area (Å²) in [7, 11) is 0. The molecule has 0 saturated carbocycles. The predicted octanol–water partition coefficient (Wildman–Crippen LogP) is 3.77. The van der Waals surface area contributed by atoms with Crippen molar-refractivity contribution in [3.63, 3.8) is 0 Å². The molecule has 0 heterocycles. The van der Waals surface area contributed by atoms with E-state index in [0.29, 0.717) is 5.11 Å². The van der Waals surface area contributed by atoms with Gasteiger partial charge in [-0.25, -0.2) is 8.78 Å². The summed E-state index contributed by atoms with van der Waals surface area (Å²) in [5.74, 6) is -1.40. The maximum Gasteiger partial charge on any atom is 0.189 e. The van der Waals surface area contributed by atoms with Gasteiger partial charge in [0.05, 0.1) is 5.69 Å². The summed E-state index contributed by atoms with van der Waals surface area (Å²) < 4.78 is 26.4. The van der Waals surface area contributed by atoms with Crippen LogP contribution >= 0.6 is 24.4 Å². The molecule has 2 aromatic carbocycles. The average Bonchev–Trinajstić information content (AvgIpc) is 2.53. The van der Waals surface area contributed by atoms with Gasteiger partial charge in [-0.2, -0.15) is 0 Å². The molecule has 24 heavy (non-hydrogen) atoms. The lowest BCUT2D eigenvalue weighted by atomic mass is 10.1. The topological polar surface area (TPSA) is 48.1 Å². The van der Waals surface area contributed by atoms with Gasteiger partial charge in [-0.3, -0.25) is 10.9 Å². The monoisotopic (exact) mass is 366 g/mol. The van der Waals surface area contributed by atoms with E-state index >= 15 is 0 Å². The molecule has 0 bridgehead atoms. The molecule has 0 saturated heterocycles. The van der Waals surface area contributed by atoms with E-state index in [2.05, 4.69) is 21.5 Å². The van der Waals surface area contributed by atoms with Crippen molar-refractivity contribution >= 4 is 46.0 Å². The van der Waals surface area contributed by atoms with Crippen LogP contribution in [0.3, 0.4) is 0 Å². The van der Waals surface area contributed by atoms with E-state index in [1.165, 1.54) is 6.07 Å². The summed E-state index contributed by atoms with van der Waals surface area (Å²) in [5.41, 5.74) is 8.48. The van der Waals surface area contributed by atoms with Crippen LogP contribution in [0.25, 0.3) is 0 Å². The van der Waals surface area contributed by atoms with Crippen molar-refractivity contribution in [3.05, 3.63) is 59.2 Å². The largest absolute Gasteiger partial charge is 0.331 e. The van der Waals surface area contributed by atoms with Crippen LogP contribution in [0, 0.1) is 25.5 Å². The van der Waals surface area contributed by atoms with Gasteiger partial charge in [-0.15, -0.1) is 0 Å². The highest BCUT2D eigenvalue weighted by Gasteiger charge is 2.06. The summed E-state index contributed by atoms with van der Waals surface area (Å²) in [4.78, 5) is 0. The molecule has 126 valence electrons. The SMILES string of the molecule is Cc1cccc(NC(=S)NNC(=S)Nc2ccc(F)cc2F)c1C. The second kappa shape index (κ2) is 7.98. The Bertz CT molecular complexity index is 781. The van der Waals surface area contributed by atoms with Crippen molar-refractivity contribution in [1.29, 1.82) is 0 Å². The van der Waals surface area contributed by atoms with Gasteiger partial charge < -0.3 is 10.6 Å². The molecular formula is C16H16F2N4S2. The summed E-state index contributed by atoms with van der Waals surface area (Å²) in [6.07, 6.45) is 0. The Kier molecular flexibility index (Phi) is 5.99. The zero-order chi connectivity index (χ0) is 17.7. The first-order valence-electron chi connectivity index (χ1n) is 7.02. The lowest BCUT2D eigenvalue weighted by Crippen LogP contribution is -2.45. The Morgan fingerprint density at radius 1 is 0.875 bits per heavy atom. The van der Waals surface area contributed by atoms with E-state index in [1.807, 2.05) is 32.0 Å². The van der Waals surface area contributed by atoms with Crippen LogP contribution in [-0.2, 0) is 0 Å². The number of aryl methyl sites for hydroxylation is 1. The fourth-order valence-corrected chi connectivity index (χ4v) is 2.22. The maximum absolute atomic E-state index is 13.5. The lowest BCUT2D eigenvalue weighted by Gasteiger charge is -2.16. The van der Waals surface area contributed by atoms with Crippen LogP contribution in [0.5, 0.6) is 0 Å². The van der Waals surface area contributed by atoms with E-state index in [-0.39, 0.29) is 10.8 Å². The smallest absolute Gasteiger partial charge is 0.189 e. The number of nitrogens with one attached hydrogen (secondary N) is 4. The second-order valence-corrected chi connectivity index (χ2v) is 5.85. The first-order chi connectivity index (χ1) is 11.4. The van der Waals surface area contributed by atoms with Crippen molar-refractivity contribution in [2.24, 2.45) is 0 Å². The van der Waals surface area contributed by atoms with Crippen molar-refractivity contribution in [2.45, 2.75) is 13.8 Å². The minimum atomic E-state index is -0.741. The molecule has 2 aromatic rings. The fourth-order valence-electron chi connectivity index (χ4n) is 1.90. The molecule has 0 aliphatic carbocycles. The van der Waals surface area contributed by atoms with Gasteiger partial charge in [0, 0.05) is 11.8 Å². The van der Waals surface area contributed by atoms with Crippen molar-refractivity contribution < 1.29 is 8.78 Å². The quantitative estimate of drug-likeness (QED) is 0.480. The molecule has 0 aliphatic heterocycles. The molecule has 2 rings (SSSR count). The van der Waals surface area contributed by atoms with Crippen LogP contribution in [0.15, 0.2) is 36.4 Å². The van der Waals surface area contributed by atoms with E-state index in [4.69, 9.17) is 24.4 Å². The Balaban J connectivity index is 1.87. The Morgan fingerprint density at radius 2 is 1.50 bits per heavy atom. The highest BCUT2D eigenvalue weighted by Crippen LogP contribution is 2.17. The maximum atomic E-state index is 13.5. The van der Waals surface area contributed by atoms with E-state index in [9.17, 15) is 8.78 Å². The fraction of sp³-hybridized carbons (Fsp3) is 0.125. The van der Waals surface area contributed by atoms with E-state index in [1.54, 1.807) is 0 Å². The molecule has 0 fully saturated rings. The number of hydrogen-bond donors (Lipinski definition) is 4. The first kappa shape index (κ1) is 18.0. The molecule has 0 aliphatic rings. The number of anilines is 2. The third kappa shape index (κ3) is 4.84. The average molecular weight is 366 g/mol. The van der Waals surface area contributed by atoms with Crippen LogP contribution in [0.4, 0.5) is 20.2 Å². The second-order valence-electron chi connectivity index (χ2n) is 5.03. The predicted molar refractivity (Wildman–Crippen MR) is 101 cm³/mol. The number of benzene rings is 2. The van der Waals surface area contributed by atoms with Crippen LogP contribution < -0.4 is 21.5 Å². The molecule has 4 N–H and O–H groups in total. The third-order valence-corrected chi connectivity index (χ3v) is 3.73. The van der Waals surface area contributed by atoms with Gasteiger partial charge >= 0.3 is 0 Å². The summed E-state index contributed by atoms with van der Waals surface area (Å²) in [5, 5.41) is 6.03. The zero-order valence-corrected chi connectivity index (χ0v) is 14.7. The van der Waals surface area contributed by atoms with Gasteiger partial charge in [0.2, 0.25) is 0 Å². The minimum Gasteiger partial charge on any atom is -0.331 e. The molecule has 0 aromatic heterocycles. The Labute approximate surface area is 149 Å². The molecule has 0 spiro atoms. The number of rotatable bonds is 2. The zero-order valence-electron chi connectivity index (χ0n) is 13.0. The number of hydrogen-bond acceptors (Lipinski definition) is 2. The minimum absolute atomic E-state index is 0.0594. The van der Waals surface area contributed by atoms with E-state index in [0.717, 1.165) is 28.9 Å². The van der Waals surface area contributed by atoms with Gasteiger partial charge in [-0.05, 0) is 67.6 Å². The lowest BCUT2D eigenvalue weighted by molar-refractivity contribution is 0.586. The molecule has 8 heteroatoms. The molecular weight excluding hydrogens is 350 g/mol. The summed E-state index contributed by atoms with van der Waals surface area (Å²) in [6, 6.07) is 8.99. The number of hydrazine groups is 1. The van der Waals surface area contributed by atoms with Crippen LogP contribution in [-0.4, -0.2) is 10.2 Å². The Morgan fingerprint density at radius 3 is 2.12 bits per heavy atom. The standard InChI is InChI=1S/C16H16F2N4S2/c1-9-4-3-5-13(10(9)2)19-15(23)21-22-16(24)20-14-7-6-11(17)8-12(14)18/h3-8H,1-2H3,(H2,19,21,23)(H2,20,22,24). The third-order valence-electron chi connectivity index (χ3n) is 3.32. The molecule has 0 atom stereocenters. The summed E-state index contributed by atoms with van der Waals surface area (Å²) >= 11 is 10.2. The number of halogens is 2. The van der Waals surface area contributed by atoms with Gasteiger partial charge in [0.1, 0.15) is 11.6 Å². The molecule has 0 unspecified atom stereocenters. The molecule has 0 radical (unpaired) electrons. The highest BCUT2D eigenvalue weighted by molar-refractivity contribution is 7.81. The highest BCUT2D eigenvalue weighted by atomic mass is 32.1. The van der Waals surface area contributed by atoms with Crippen LogP contribution in [0.1, 0.15) is 11.1 Å². The first-order valence-corrected chi connectivity index (χ1v) is 7.83. The molecule has 0 amide bonds. The van der Waals surface area contributed by atoms with E-state index < -0.39 is 11.6 Å². The molecule has 4 nitrogen and oxygen atoms in total. The summed E-state index contributed by atoms with van der Waals surface area (Å²) in [6.45, 7) is 3.99. The Hall–Kier alpha value is -2.32. The number of thiocarbonyl (C=S) groups is 2. The van der Waals surface area contributed by atoms with Gasteiger partial charge in [0.25, 0.3) is 0 Å².